The average molecular weight is 354 g/mol. The van der Waals surface area contributed by atoms with E-state index in [4.69, 9.17) is 0 Å². The molecule has 0 bridgehead atoms. The fraction of sp³-hybridized carbons (Fsp3) is 0.231. The molecule has 0 saturated carbocycles. The summed E-state index contributed by atoms with van der Waals surface area (Å²) >= 11 is 5.04. The highest BCUT2D eigenvalue weighted by Gasteiger charge is 2.23. The Morgan fingerprint density at radius 1 is 1.40 bits per heavy atom. The Hall–Kier alpha value is -1.60. The van der Waals surface area contributed by atoms with E-state index in [0.717, 1.165) is 32.9 Å². The van der Waals surface area contributed by atoms with E-state index in [-0.39, 0.29) is 10.6 Å². The van der Waals surface area contributed by atoms with Gasteiger partial charge in [-0.25, -0.2) is 0 Å². The predicted molar refractivity (Wildman–Crippen MR) is 84.6 cm³/mol. The number of rotatable bonds is 4. The van der Waals surface area contributed by atoms with Crippen LogP contribution in [0, 0.1) is 10.1 Å². The topological polar surface area (TPSA) is 67.2 Å². The first-order valence-electron chi connectivity index (χ1n) is 6.17. The summed E-state index contributed by atoms with van der Waals surface area (Å²) in [6.07, 6.45) is 0.813. The maximum Gasteiger partial charge on any atom is 0.292 e. The van der Waals surface area contributed by atoms with E-state index in [0.29, 0.717) is 12.2 Å². The lowest BCUT2D eigenvalue weighted by atomic mass is 10.1. The molecule has 7 heteroatoms. The molecule has 0 saturated heterocycles. The zero-order chi connectivity index (χ0) is 14.1. The molecule has 0 spiro atoms. The Kier molecular flexibility index (Phi) is 3.62. The molecule has 1 aliphatic rings. The first-order valence-corrected chi connectivity index (χ1v) is 7.78. The van der Waals surface area contributed by atoms with Gasteiger partial charge in [0, 0.05) is 35.3 Å². The summed E-state index contributed by atoms with van der Waals surface area (Å²) in [5, 5.41) is 17.7. The van der Waals surface area contributed by atoms with Gasteiger partial charge < -0.3 is 10.6 Å². The summed E-state index contributed by atoms with van der Waals surface area (Å²) < 4.78 is 1.06. The Balaban J connectivity index is 1.91. The second kappa shape index (κ2) is 5.41. The number of hydrogen-bond donors (Lipinski definition) is 2. The van der Waals surface area contributed by atoms with Crippen LogP contribution in [0.15, 0.2) is 28.1 Å². The highest BCUT2D eigenvalue weighted by molar-refractivity contribution is 9.11. The number of nitrogens with one attached hydrogen (secondary N) is 2. The lowest BCUT2D eigenvalue weighted by molar-refractivity contribution is -0.384. The summed E-state index contributed by atoms with van der Waals surface area (Å²) in [7, 11) is 0. The van der Waals surface area contributed by atoms with Crippen molar-refractivity contribution < 1.29 is 4.92 Å². The van der Waals surface area contributed by atoms with E-state index in [1.54, 1.807) is 23.5 Å². The molecular formula is C13H12BrN3O2S. The van der Waals surface area contributed by atoms with Crippen LogP contribution >= 0.6 is 27.3 Å². The van der Waals surface area contributed by atoms with Crippen LogP contribution in [0.1, 0.15) is 10.4 Å². The second-order valence-corrected chi connectivity index (χ2v) is 7.03. The van der Waals surface area contributed by atoms with Crippen molar-refractivity contribution in [1.29, 1.82) is 0 Å². The standard InChI is InChI=1S/C13H12BrN3O2S/c14-12-4-1-8(20-12)7-16-13-9-5-6-15-10(9)2-3-11(13)17(18)19/h1-4,15-16H,5-7H2. The fourth-order valence-corrected chi connectivity index (χ4v) is 3.78. The first-order chi connectivity index (χ1) is 9.65. The molecule has 1 aromatic carbocycles. The molecule has 1 aromatic heterocycles. The van der Waals surface area contributed by atoms with Crippen molar-refractivity contribution in [3.8, 4) is 0 Å². The average Bonchev–Trinajstić information content (AvgIpc) is 3.04. The van der Waals surface area contributed by atoms with Gasteiger partial charge in [0.05, 0.1) is 8.71 Å². The molecule has 0 aliphatic carbocycles. The lowest BCUT2D eigenvalue weighted by Gasteiger charge is -2.10. The van der Waals surface area contributed by atoms with Gasteiger partial charge in [0.15, 0.2) is 0 Å². The molecule has 0 fully saturated rings. The van der Waals surface area contributed by atoms with Crippen molar-refractivity contribution in [2.45, 2.75) is 13.0 Å². The molecule has 2 N–H and O–H groups in total. The smallest absolute Gasteiger partial charge is 0.292 e. The van der Waals surface area contributed by atoms with Crippen LogP contribution in [0.3, 0.4) is 0 Å². The predicted octanol–water partition coefficient (Wildman–Crippen LogP) is 4.00. The lowest BCUT2D eigenvalue weighted by Crippen LogP contribution is -2.04. The number of benzene rings is 1. The van der Waals surface area contributed by atoms with E-state index in [1.807, 2.05) is 12.1 Å². The van der Waals surface area contributed by atoms with Gasteiger partial charge in [-0.2, -0.15) is 0 Å². The molecule has 0 radical (unpaired) electrons. The summed E-state index contributed by atoms with van der Waals surface area (Å²) in [6.45, 7) is 1.42. The minimum atomic E-state index is -0.328. The molecule has 3 rings (SSSR count). The third-order valence-electron chi connectivity index (χ3n) is 3.25. The van der Waals surface area contributed by atoms with Gasteiger partial charge in [-0.15, -0.1) is 11.3 Å². The molecular weight excluding hydrogens is 342 g/mol. The van der Waals surface area contributed by atoms with E-state index in [1.165, 1.54) is 0 Å². The van der Waals surface area contributed by atoms with Gasteiger partial charge in [-0.1, -0.05) is 0 Å². The molecule has 1 aliphatic heterocycles. The van der Waals surface area contributed by atoms with Crippen LogP contribution in [0.25, 0.3) is 0 Å². The van der Waals surface area contributed by atoms with E-state index in [9.17, 15) is 10.1 Å². The van der Waals surface area contributed by atoms with Crippen LogP contribution in [0.2, 0.25) is 0 Å². The van der Waals surface area contributed by atoms with E-state index < -0.39 is 0 Å². The number of nitro groups is 1. The Morgan fingerprint density at radius 3 is 2.95 bits per heavy atom. The van der Waals surface area contributed by atoms with Gasteiger partial charge in [-0.05, 0) is 40.5 Å². The van der Waals surface area contributed by atoms with Crippen molar-refractivity contribution >= 4 is 44.3 Å². The normalized spacial score (nSPS) is 12.8. The highest BCUT2D eigenvalue weighted by Crippen LogP contribution is 2.37. The molecule has 2 aromatic rings. The molecule has 0 atom stereocenters. The Bertz CT molecular complexity index is 672. The number of halogens is 1. The number of fused-ring (bicyclic) bond motifs is 1. The van der Waals surface area contributed by atoms with Crippen molar-refractivity contribution in [2.24, 2.45) is 0 Å². The van der Waals surface area contributed by atoms with Crippen molar-refractivity contribution in [3.63, 3.8) is 0 Å². The summed E-state index contributed by atoms with van der Waals surface area (Å²) in [5.41, 5.74) is 2.78. The van der Waals surface area contributed by atoms with E-state index >= 15 is 0 Å². The zero-order valence-corrected chi connectivity index (χ0v) is 12.9. The molecule has 20 heavy (non-hydrogen) atoms. The SMILES string of the molecule is O=[N+]([O-])c1ccc2c(c1NCc1ccc(Br)s1)CCN2. The van der Waals surface area contributed by atoms with Crippen LogP contribution in [-0.2, 0) is 13.0 Å². The number of nitrogens with zero attached hydrogens (tertiary/aromatic N) is 1. The number of hydrogen-bond acceptors (Lipinski definition) is 5. The molecule has 5 nitrogen and oxygen atoms in total. The van der Waals surface area contributed by atoms with Crippen LogP contribution in [-0.4, -0.2) is 11.5 Å². The quantitative estimate of drug-likeness (QED) is 0.643. The second-order valence-electron chi connectivity index (χ2n) is 4.48. The van der Waals surface area contributed by atoms with Gasteiger partial charge >= 0.3 is 0 Å². The van der Waals surface area contributed by atoms with Crippen LogP contribution < -0.4 is 10.6 Å². The van der Waals surface area contributed by atoms with Gasteiger partial charge in [0.25, 0.3) is 5.69 Å². The molecule has 104 valence electrons. The molecule has 2 heterocycles. The minimum Gasteiger partial charge on any atom is -0.384 e. The van der Waals surface area contributed by atoms with Gasteiger partial charge in [0.1, 0.15) is 5.69 Å². The summed E-state index contributed by atoms with van der Waals surface area (Å²) in [6, 6.07) is 7.33. The van der Waals surface area contributed by atoms with E-state index in [2.05, 4.69) is 26.6 Å². The number of anilines is 2. The third kappa shape index (κ3) is 2.51. The van der Waals surface area contributed by atoms with Crippen LogP contribution in [0.5, 0.6) is 0 Å². The number of nitro benzene ring substituents is 1. The zero-order valence-electron chi connectivity index (χ0n) is 10.5. The van der Waals surface area contributed by atoms with Gasteiger partial charge in [0.2, 0.25) is 0 Å². The third-order valence-corrected chi connectivity index (χ3v) is 4.87. The molecule has 0 amide bonds. The van der Waals surface area contributed by atoms with Gasteiger partial charge in [-0.3, -0.25) is 10.1 Å². The maximum atomic E-state index is 11.2. The first kappa shape index (κ1) is 13.4. The largest absolute Gasteiger partial charge is 0.384 e. The number of thiophene rings is 1. The van der Waals surface area contributed by atoms with Crippen LogP contribution in [0.4, 0.5) is 17.1 Å². The van der Waals surface area contributed by atoms with Crippen molar-refractivity contribution in [3.05, 3.63) is 48.6 Å². The fourth-order valence-electron chi connectivity index (χ4n) is 2.35. The summed E-state index contributed by atoms with van der Waals surface area (Å²) in [4.78, 5) is 12.0. The van der Waals surface area contributed by atoms with Crippen molar-refractivity contribution in [1.82, 2.24) is 0 Å². The maximum absolute atomic E-state index is 11.2. The molecule has 0 unspecified atom stereocenters. The van der Waals surface area contributed by atoms with Crippen molar-refractivity contribution in [2.75, 3.05) is 17.2 Å². The Labute approximate surface area is 128 Å². The highest BCUT2D eigenvalue weighted by atomic mass is 79.9. The Morgan fingerprint density at radius 2 is 2.25 bits per heavy atom. The summed E-state index contributed by atoms with van der Waals surface area (Å²) in [5.74, 6) is 0. The monoisotopic (exact) mass is 353 g/mol. The minimum absolute atomic E-state index is 0.142.